The van der Waals surface area contributed by atoms with Gasteiger partial charge in [0.2, 0.25) is 5.56 Å². The minimum absolute atomic E-state index is 0.162. The molecule has 0 saturated carbocycles. The summed E-state index contributed by atoms with van der Waals surface area (Å²) in [6.07, 6.45) is 3.35. The molecule has 2 N–H and O–H groups in total. The maximum absolute atomic E-state index is 11.2. The number of aromatic nitrogens is 3. The number of anilines is 2. The quantitative estimate of drug-likeness (QED) is 0.717. The van der Waals surface area contributed by atoms with Crippen molar-refractivity contribution < 1.29 is 0 Å². The summed E-state index contributed by atoms with van der Waals surface area (Å²) in [5.41, 5.74) is 0.490. The van der Waals surface area contributed by atoms with Crippen LogP contribution in [0.5, 0.6) is 0 Å². The highest BCUT2D eigenvalue weighted by Gasteiger charge is 2.00. The van der Waals surface area contributed by atoms with Crippen molar-refractivity contribution in [2.75, 3.05) is 5.32 Å². The van der Waals surface area contributed by atoms with Crippen molar-refractivity contribution in [3.05, 3.63) is 59.1 Å². The minimum Gasteiger partial charge on any atom is -0.328 e. The van der Waals surface area contributed by atoms with Gasteiger partial charge in [0.1, 0.15) is 11.6 Å². The Labute approximate surface area is 103 Å². The van der Waals surface area contributed by atoms with Gasteiger partial charge in [0.05, 0.1) is 5.52 Å². The number of hydrogen-bond donors (Lipinski definition) is 2. The van der Waals surface area contributed by atoms with Crippen LogP contribution in [0.25, 0.3) is 10.9 Å². The molecule has 0 fully saturated rings. The van der Waals surface area contributed by atoms with E-state index in [0.29, 0.717) is 17.2 Å². The first-order chi connectivity index (χ1) is 8.81. The molecule has 0 amide bonds. The monoisotopic (exact) mass is 238 g/mol. The van der Waals surface area contributed by atoms with Crippen molar-refractivity contribution in [3.8, 4) is 0 Å². The third-order valence-corrected chi connectivity index (χ3v) is 2.52. The van der Waals surface area contributed by atoms with Crippen LogP contribution in [0.3, 0.4) is 0 Å². The van der Waals surface area contributed by atoms with Gasteiger partial charge in [0.25, 0.3) is 0 Å². The van der Waals surface area contributed by atoms with Crippen LogP contribution < -0.4 is 10.9 Å². The molecule has 0 saturated heterocycles. The maximum Gasteiger partial charge on any atom is 0.250 e. The molecule has 88 valence electrons. The molecular formula is C13H10N4O. The van der Waals surface area contributed by atoms with Crippen molar-refractivity contribution in [1.29, 1.82) is 0 Å². The Morgan fingerprint density at radius 3 is 2.89 bits per heavy atom. The third kappa shape index (κ3) is 2.06. The van der Waals surface area contributed by atoms with Gasteiger partial charge in [-0.1, -0.05) is 6.07 Å². The van der Waals surface area contributed by atoms with Gasteiger partial charge >= 0.3 is 0 Å². The summed E-state index contributed by atoms with van der Waals surface area (Å²) < 4.78 is 0. The molecule has 0 spiro atoms. The molecule has 0 aliphatic heterocycles. The zero-order chi connectivity index (χ0) is 12.4. The van der Waals surface area contributed by atoms with Crippen molar-refractivity contribution in [3.63, 3.8) is 0 Å². The number of rotatable bonds is 2. The molecule has 0 aliphatic carbocycles. The molecular weight excluding hydrogens is 228 g/mol. The van der Waals surface area contributed by atoms with Crippen LogP contribution in [0, 0.1) is 0 Å². The second kappa shape index (κ2) is 4.29. The summed E-state index contributed by atoms with van der Waals surface area (Å²) in [5.74, 6) is 1.38. The number of aromatic amines is 1. The van der Waals surface area contributed by atoms with Crippen LogP contribution in [0.15, 0.2) is 53.6 Å². The molecule has 0 aliphatic rings. The van der Waals surface area contributed by atoms with Crippen LogP contribution in [-0.4, -0.2) is 15.0 Å². The Hall–Kier alpha value is -2.69. The fourth-order valence-corrected chi connectivity index (χ4v) is 1.68. The van der Waals surface area contributed by atoms with Crippen LogP contribution >= 0.6 is 0 Å². The molecule has 3 aromatic heterocycles. The normalized spacial score (nSPS) is 10.4. The third-order valence-electron chi connectivity index (χ3n) is 2.52. The van der Waals surface area contributed by atoms with Crippen LogP contribution in [0.1, 0.15) is 0 Å². The summed E-state index contributed by atoms with van der Waals surface area (Å²) in [7, 11) is 0. The zero-order valence-electron chi connectivity index (χ0n) is 9.42. The van der Waals surface area contributed by atoms with E-state index >= 15 is 0 Å². The second-order valence-electron chi connectivity index (χ2n) is 3.81. The van der Waals surface area contributed by atoms with Gasteiger partial charge in [-0.15, -0.1) is 0 Å². The molecule has 0 unspecified atom stereocenters. The number of nitrogens with zero attached hydrogens (tertiary/aromatic N) is 2. The molecule has 5 nitrogen and oxygen atoms in total. The summed E-state index contributed by atoms with van der Waals surface area (Å²) in [6.45, 7) is 0. The highest BCUT2D eigenvalue weighted by Crippen LogP contribution is 2.15. The Morgan fingerprint density at radius 2 is 2.06 bits per heavy atom. The Kier molecular flexibility index (Phi) is 2.49. The van der Waals surface area contributed by atoms with Crippen LogP contribution in [-0.2, 0) is 0 Å². The van der Waals surface area contributed by atoms with Crippen LogP contribution in [0.4, 0.5) is 11.6 Å². The molecule has 5 heteroatoms. The van der Waals surface area contributed by atoms with Gasteiger partial charge in [0.15, 0.2) is 0 Å². The predicted octanol–water partition coefficient (Wildman–Crippen LogP) is 2.06. The maximum atomic E-state index is 11.2. The number of H-pyrrole nitrogens is 1. The summed E-state index contributed by atoms with van der Waals surface area (Å²) in [4.78, 5) is 22.4. The van der Waals surface area contributed by atoms with Crippen LogP contribution in [0.2, 0.25) is 0 Å². The van der Waals surface area contributed by atoms with Crippen molar-refractivity contribution in [1.82, 2.24) is 15.0 Å². The van der Waals surface area contributed by atoms with E-state index < -0.39 is 0 Å². The molecule has 3 aromatic rings. The largest absolute Gasteiger partial charge is 0.328 e. The molecule has 3 rings (SSSR count). The minimum atomic E-state index is -0.162. The first-order valence-corrected chi connectivity index (χ1v) is 5.49. The van der Waals surface area contributed by atoms with Gasteiger partial charge in [-0.05, 0) is 24.3 Å². The Bertz CT molecular complexity index is 737. The highest BCUT2D eigenvalue weighted by molar-refractivity contribution is 5.79. The number of hydrogen-bond acceptors (Lipinski definition) is 4. The van der Waals surface area contributed by atoms with E-state index in [1.807, 2.05) is 30.3 Å². The predicted molar refractivity (Wildman–Crippen MR) is 69.9 cm³/mol. The highest BCUT2D eigenvalue weighted by atomic mass is 16.1. The van der Waals surface area contributed by atoms with Gasteiger partial charge in [-0.3, -0.25) is 4.79 Å². The second-order valence-corrected chi connectivity index (χ2v) is 3.81. The fraction of sp³-hybridized carbons (Fsp3) is 0. The standard InChI is InChI=1S/C13H10N4O/c18-13-7-10-9(8-15-13)4-5-12(16-10)17-11-3-1-2-6-14-11/h1-8H,(H,15,18)(H,14,16,17). The van der Waals surface area contributed by atoms with Gasteiger partial charge in [0, 0.05) is 23.8 Å². The topological polar surface area (TPSA) is 70.7 Å². The van der Waals surface area contributed by atoms with Crippen molar-refractivity contribution in [2.24, 2.45) is 0 Å². The van der Waals surface area contributed by atoms with Gasteiger partial charge in [-0.2, -0.15) is 0 Å². The average Bonchev–Trinajstić information content (AvgIpc) is 2.39. The van der Waals surface area contributed by atoms with E-state index in [-0.39, 0.29) is 5.56 Å². The molecule has 0 aromatic carbocycles. The van der Waals surface area contributed by atoms with E-state index in [4.69, 9.17) is 0 Å². The molecule has 3 heterocycles. The fourth-order valence-electron chi connectivity index (χ4n) is 1.68. The lowest BCUT2D eigenvalue weighted by Crippen LogP contribution is -2.03. The molecule has 0 radical (unpaired) electrons. The summed E-state index contributed by atoms with van der Waals surface area (Å²) >= 11 is 0. The van der Waals surface area contributed by atoms with Gasteiger partial charge < -0.3 is 10.3 Å². The van der Waals surface area contributed by atoms with E-state index in [0.717, 1.165) is 5.39 Å². The molecule has 0 bridgehead atoms. The zero-order valence-corrected chi connectivity index (χ0v) is 9.42. The van der Waals surface area contributed by atoms with Gasteiger partial charge in [-0.25, -0.2) is 9.97 Å². The Morgan fingerprint density at radius 1 is 1.11 bits per heavy atom. The number of fused-ring (bicyclic) bond motifs is 1. The average molecular weight is 238 g/mol. The lowest BCUT2D eigenvalue weighted by atomic mass is 10.2. The lowest BCUT2D eigenvalue weighted by Gasteiger charge is -2.05. The summed E-state index contributed by atoms with van der Waals surface area (Å²) in [5, 5.41) is 3.97. The smallest absolute Gasteiger partial charge is 0.250 e. The first-order valence-electron chi connectivity index (χ1n) is 5.49. The SMILES string of the molecule is O=c1cc2nc(Nc3ccccn3)ccc2c[nH]1. The first kappa shape index (κ1) is 10.5. The number of pyridine rings is 3. The Balaban J connectivity index is 2.00. The lowest BCUT2D eigenvalue weighted by molar-refractivity contribution is 1.24. The molecule has 0 atom stereocenters. The van der Waals surface area contributed by atoms with E-state index in [1.54, 1.807) is 12.4 Å². The van der Waals surface area contributed by atoms with Crippen molar-refractivity contribution in [2.45, 2.75) is 0 Å². The van der Waals surface area contributed by atoms with E-state index in [1.165, 1.54) is 6.07 Å². The number of nitrogens with one attached hydrogen (secondary N) is 2. The molecule has 18 heavy (non-hydrogen) atoms. The van der Waals surface area contributed by atoms with Crippen molar-refractivity contribution >= 4 is 22.5 Å². The summed E-state index contributed by atoms with van der Waals surface area (Å²) in [6, 6.07) is 10.8. The van der Waals surface area contributed by atoms with E-state index in [9.17, 15) is 4.79 Å². The van der Waals surface area contributed by atoms with E-state index in [2.05, 4.69) is 20.3 Å².